The van der Waals surface area contributed by atoms with E-state index in [4.69, 9.17) is 11.6 Å². The van der Waals surface area contributed by atoms with Crippen LogP contribution in [-0.4, -0.2) is 16.8 Å². The van der Waals surface area contributed by atoms with Gasteiger partial charge in [0.15, 0.2) is 0 Å². The summed E-state index contributed by atoms with van der Waals surface area (Å²) in [7, 11) is 1.94. The first-order chi connectivity index (χ1) is 8.74. The normalized spacial score (nSPS) is 10.8. The van der Waals surface area contributed by atoms with E-state index in [1.54, 1.807) is 0 Å². The predicted octanol–water partition coefficient (Wildman–Crippen LogP) is 3.33. The van der Waals surface area contributed by atoms with Crippen molar-refractivity contribution in [3.8, 4) is 11.1 Å². The van der Waals surface area contributed by atoms with Crippen molar-refractivity contribution in [2.24, 2.45) is 0 Å². The Morgan fingerprint density at radius 2 is 2.22 bits per heavy atom. The molecule has 0 saturated heterocycles. The van der Waals surface area contributed by atoms with Gasteiger partial charge in [-0.15, -0.1) is 0 Å². The summed E-state index contributed by atoms with van der Waals surface area (Å²) in [6, 6.07) is 5.99. The van der Waals surface area contributed by atoms with Crippen molar-refractivity contribution >= 4 is 11.6 Å². The lowest BCUT2D eigenvalue weighted by Gasteiger charge is -2.08. The molecule has 96 valence electrons. The van der Waals surface area contributed by atoms with E-state index in [1.807, 2.05) is 30.1 Å². The van der Waals surface area contributed by atoms with Crippen LogP contribution in [0.1, 0.15) is 18.9 Å². The summed E-state index contributed by atoms with van der Waals surface area (Å²) >= 11 is 6.09. The van der Waals surface area contributed by atoms with Gasteiger partial charge in [0.1, 0.15) is 0 Å². The maximum Gasteiger partial charge on any atom is 0.0568 e. The molecule has 2 aromatic rings. The van der Waals surface area contributed by atoms with Gasteiger partial charge >= 0.3 is 0 Å². The van der Waals surface area contributed by atoms with Crippen molar-refractivity contribution in [2.75, 3.05) is 7.05 Å². The largest absolute Gasteiger partial charge is 0.316 e. The molecule has 1 N–H and O–H groups in total. The molecule has 3 nitrogen and oxygen atoms in total. The van der Waals surface area contributed by atoms with Crippen molar-refractivity contribution in [2.45, 2.75) is 26.4 Å². The molecule has 1 aromatic heterocycles. The molecule has 0 unspecified atom stereocenters. The van der Waals surface area contributed by atoms with Crippen LogP contribution in [0, 0.1) is 0 Å². The third-order valence-corrected chi connectivity index (χ3v) is 3.07. The monoisotopic (exact) mass is 263 g/mol. The molecule has 0 saturated carbocycles. The Bertz CT molecular complexity index is 520. The van der Waals surface area contributed by atoms with Crippen molar-refractivity contribution < 1.29 is 0 Å². The zero-order valence-electron chi connectivity index (χ0n) is 10.8. The Morgan fingerprint density at radius 1 is 1.39 bits per heavy atom. The van der Waals surface area contributed by atoms with E-state index in [0.717, 1.165) is 35.7 Å². The summed E-state index contributed by atoms with van der Waals surface area (Å²) in [5.74, 6) is 0. The molecule has 0 amide bonds. The van der Waals surface area contributed by atoms with Crippen LogP contribution in [0.2, 0.25) is 5.02 Å². The van der Waals surface area contributed by atoms with Gasteiger partial charge in [-0.3, -0.25) is 4.68 Å². The van der Waals surface area contributed by atoms with Gasteiger partial charge in [0.25, 0.3) is 0 Å². The number of nitrogens with one attached hydrogen (secondary N) is 1. The van der Waals surface area contributed by atoms with E-state index >= 15 is 0 Å². The third-order valence-electron chi connectivity index (χ3n) is 2.84. The number of benzene rings is 1. The minimum atomic E-state index is 0.757. The highest BCUT2D eigenvalue weighted by molar-refractivity contribution is 6.30. The Morgan fingerprint density at radius 3 is 2.94 bits per heavy atom. The molecule has 0 spiro atoms. The molecule has 0 radical (unpaired) electrons. The molecular formula is C14H18ClN3. The van der Waals surface area contributed by atoms with Gasteiger partial charge in [-0.25, -0.2) is 0 Å². The fraction of sp³-hybridized carbons (Fsp3) is 0.357. The van der Waals surface area contributed by atoms with Crippen molar-refractivity contribution in [3.05, 3.63) is 41.2 Å². The maximum absolute atomic E-state index is 6.09. The van der Waals surface area contributed by atoms with Gasteiger partial charge in [0.05, 0.1) is 6.20 Å². The lowest BCUT2D eigenvalue weighted by molar-refractivity contribution is 0.603. The topological polar surface area (TPSA) is 29.9 Å². The van der Waals surface area contributed by atoms with Crippen LogP contribution in [0.25, 0.3) is 11.1 Å². The molecule has 2 rings (SSSR count). The van der Waals surface area contributed by atoms with Crippen LogP contribution in [0.4, 0.5) is 0 Å². The Balaban J connectivity index is 2.37. The van der Waals surface area contributed by atoms with E-state index in [0.29, 0.717) is 0 Å². The zero-order valence-corrected chi connectivity index (χ0v) is 11.5. The van der Waals surface area contributed by atoms with Crippen molar-refractivity contribution in [1.82, 2.24) is 15.1 Å². The Kier molecular flexibility index (Phi) is 4.39. The van der Waals surface area contributed by atoms with E-state index < -0.39 is 0 Å². The Hall–Kier alpha value is -1.32. The molecule has 0 fully saturated rings. The van der Waals surface area contributed by atoms with Crippen LogP contribution in [0.5, 0.6) is 0 Å². The first-order valence-corrected chi connectivity index (χ1v) is 6.58. The van der Waals surface area contributed by atoms with Gasteiger partial charge in [-0.05, 0) is 36.7 Å². The zero-order chi connectivity index (χ0) is 13.0. The number of aromatic nitrogens is 2. The van der Waals surface area contributed by atoms with Gasteiger partial charge in [-0.1, -0.05) is 24.6 Å². The fourth-order valence-electron chi connectivity index (χ4n) is 2.02. The smallest absolute Gasteiger partial charge is 0.0568 e. The summed E-state index contributed by atoms with van der Waals surface area (Å²) in [6.45, 7) is 3.92. The first kappa shape index (κ1) is 13.1. The lowest BCUT2D eigenvalue weighted by atomic mass is 10.0. The van der Waals surface area contributed by atoms with Crippen LogP contribution in [0.3, 0.4) is 0 Å². The minimum absolute atomic E-state index is 0.757. The van der Waals surface area contributed by atoms with E-state index in [1.165, 1.54) is 5.56 Å². The molecule has 0 bridgehead atoms. The SMILES string of the molecule is CCCn1cc(-c2cc(Cl)ccc2CNC)cn1. The molecule has 1 heterocycles. The molecule has 1 aromatic carbocycles. The molecular weight excluding hydrogens is 246 g/mol. The number of nitrogens with zero attached hydrogens (tertiary/aromatic N) is 2. The van der Waals surface area contributed by atoms with E-state index in [2.05, 4.69) is 29.6 Å². The van der Waals surface area contributed by atoms with Gasteiger partial charge in [0.2, 0.25) is 0 Å². The van der Waals surface area contributed by atoms with Crippen molar-refractivity contribution in [1.29, 1.82) is 0 Å². The van der Waals surface area contributed by atoms with E-state index in [9.17, 15) is 0 Å². The molecule has 4 heteroatoms. The highest BCUT2D eigenvalue weighted by Crippen LogP contribution is 2.26. The van der Waals surface area contributed by atoms with E-state index in [-0.39, 0.29) is 0 Å². The molecule has 0 atom stereocenters. The van der Waals surface area contributed by atoms with Crippen molar-refractivity contribution in [3.63, 3.8) is 0 Å². The average Bonchev–Trinajstić information content (AvgIpc) is 2.81. The Labute approximate surface area is 113 Å². The summed E-state index contributed by atoms with van der Waals surface area (Å²) < 4.78 is 1.97. The van der Waals surface area contributed by atoms with Gasteiger partial charge < -0.3 is 5.32 Å². The van der Waals surface area contributed by atoms with Crippen LogP contribution in [0.15, 0.2) is 30.6 Å². The number of hydrogen-bond donors (Lipinski definition) is 1. The van der Waals surface area contributed by atoms with Crippen LogP contribution < -0.4 is 5.32 Å². The minimum Gasteiger partial charge on any atom is -0.316 e. The number of aryl methyl sites for hydroxylation is 1. The lowest BCUT2D eigenvalue weighted by Crippen LogP contribution is -2.06. The second-order valence-corrected chi connectivity index (χ2v) is 4.76. The molecule has 0 aliphatic heterocycles. The predicted molar refractivity (Wildman–Crippen MR) is 75.7 cm³/mol. The summed E-state index contributed by atoms with van der Waals surface area (Å²) in [4.78, 5) is 0. The quantitative estimate of drug-likeness (QED) is 0.897. The summed E-state index contributed by atoms with van der Waals surface area (Å²) in [5, 5.41) is 8.30. The number of rotatable bonds is 5. The second kappa shape index (κ2) is 6.03. The van der Waals surface area contributed by atoms with Gasteiger partial charge in [0, 0.05) is 29.9 Å². The van der Waals surface area contributed by atoms with Crippen LogP contribution in [-0.2, 0) is 13.1 Å². The average molecular weight is 264 g/mol. The molecule has 0 aliphatic carbocycles. The third kappa shape index (κ3) is 2.92. The summed E-state index contributed by atoms with van der Waals surface area (Å²) in [6.07, 6.45) is 5.06. The van der Waals surface area contributed by atoms with Crippen LogP contribution >= 0.6 is 11.6 Å². The second-order valence-electron chi connectivity index (χ2n) is 4.32. The fourth-order valence-corrected chi connectivity index (χ4v) is 2.19. The molecule has 18 heavy (non-hydrogen) atoms. The first-order valence-electron chi connectivity index (χ1n) is 6.20. The number of halogens is 1. The standard InChI is InChI=1S/C14H18ClN3/c1-3-6-18-10-12(9-17-18)14-7-13(15)5-4-11(14)8-16-2/h4-5,7,9-10,16H,3,6,8H2,1-2H3. The number of hydrogen-bond acceptors (Lipinski definition) is 2. The summed E-state index contributed by atoms with van der Waals surface area (Å²) in [5.41, 5.74) is 3.51. The highest BCUT2D eigenvalue weighted by Gasteiger charge is 2.08. The molecule has 0 aliphatic rings. The van der Waals surface area contributed by atoms with Gasteiger partial charge in [-0.2, -0.15) is 5.10 Å². The maximum atomic E-state index is 6.09. The highest BCUT2D eigenvalue weighted by atomic mass is 35.5.